The van der Waals surface area contributed by atoms with Gasteiger partial charge in [-0.3, -0.25) is 0 Å². The molecule has 0 saturated heterocycles. The zero-order valence-electron chi connectivity index (χ0n) is 13.1. The van der Waals surface area contributed by atoms with Gasteiger partial charge in [0.15, 0.2) is 0 Å². The van der Waals surface area contributed by atoms with Gasteiger partial charge in [0, 0.05) is 4.88 Å². The van der Waals surface area contributed by atoms with E-state index in [4.69, 9.17) is 0 Å². The molecule has 0 saturated carbocycles. The van der Waals surface area contributed by atoms with Gasteiger partial charge in [0.05, 0.1) is 16.7 Å². The number of rotatable bonds is 6. The first-order valence-electron chi connectivity index (χ1n) is 6.95. The quantitative estimate of drug-likeness (QED) is 0.753. The van der Waals surface area contributed by atoms with E-state index in [9.17, 15) is 14.7 Å². The highest BCUT2D eigenvalue weighted by molar-refractivity contribution is 7.11. The molecule has 0 aromatic carbocycles. The molecule has 0 aliphatic rings. The van der Waals surface area contributed by atoms with Crippen molar-refractivity contribution in [3.63, 3.8) is 0 Å². The summed E-state index contributed by atoms with van der Waals surface area (Å²) >= 11 is 1.53. The summed E-state index contributed by atoms with van der Waals surface area (Å²) in [5.74, 6) is -1.03. The van der Waals surface area contributed by atoms with Crippen molar-refractivity contribution in [3.8, 4) is 0 Å². The number of nitrogens with zero attached hydrogens (tertiary/aromatic N) is 1. The molecule has 1 rings (SSSR count). The molecule has 0 spiro atoms. The summed E-state index contributed by atoms with van der Waals surface area (Å²) in [6.07, 6.45) is 1.05. The number of aryl methyl sites for hydroxylation is 2. The van der Waals surface area contributed by atoms with Gasteiger partial charge in [-0.1, -0.05) is 13.3 Å². The molecule has 1 aromatic heterocycles. The lowest BCUT2D eigenvalue weighted by Gasteiger charge is -2.26. The second-order valence-corrected chi connectivity index (χ2v) is 6.62. The number of carboxylic acids is 1. The zero-order chi connectivity index (χ0) is 16.2. The number of amides is 2. The van der Waals surface area contributed by atoms with E-state index in [0.717, 1.165) is 15.6 Å². The molecule has 118 valence electrons. The van der Waals surface area contributed by atoms with Crippen molar-refractivity contribution in [1.29, 1.82) is 0 Å². The van der Waals surface area contributed by atoms with Crippen LogP contribution in [0.4, 0.5) is 4.79 Å². The lowest BCUT2D eigenvalue weighted by atomic mass is 9.96. The van der Waals surface area contributed by atoms with Crippen molar-refractivity contribution in [3.05, 3.63) is 15.6 Å². The third-order valence-corrected chi connectivity index (χ3v) is 4.55. The minimum atomic E-state index is -1.25. The van der Waals surface area contributed by atoms with Crippen molar-refractivity contribution in [2.75, 3.05) is 0 Å². The molecule has 2 atom stereocenters. The van der Waals surface area contributed by atoms with E-state index in [2.05, 4.69) is 15.6 Å². The van der Waals surface area contributed by atoms with Crippen molar-refractivity contribution in [2.24, 2.45) is 0 Å². The van der Waals surface area contributed by atoms with E-state index in [-0.39, 0.29) is 6.04 Å². The normalized spacial score (nSPS) is 15.1. The Balaban J connectivity index is 2.72. The lowest BCUT2D eigenvalue weighted by Crippen LogP contribution is -2.55. The number of aromatic nitrogens is 1. The number of urea groups is 1. The highest BCUT2D eigenvalue weighted by Crippen LogP contribution is 2.24. The van der Waals surface area contributed by atoms with Crippen molar-refractivity contribution in [2.45, 2.75) is 59.0 Å². The van der Waals surface area contributed by atoms with Gasteiger partial charge in [0.25, 0.3) is 0 Å². The van der Waals surface area contributed by atoms with Crippen LogP contribution in [0, 0.1) is 13.8 Å². The molecule has 1 aromatic rings. The maximum absolute atomic E-state index is 12.0. The molecule has 1 heterocycles. The Kier molecular flexibility index (Phi) is 5.71. The zero-order valence-corrected chi connectivity index (χ0v) is 13.9. The molecule has 2 amide bonds. The Morgan fingerprint density at radius 3 is 2.48 bits per heavy atom. The number of thiazole rings is 1. The molecule has 21 heavy (non-hydrogen) atoms. The fourth-order valence-electron chi connectivity index (χ4n) is 2.22. The van der Waals surface area contributed by atoms with Crippen LogP contribution in [0.25, 0.3) is 0 Å². The summed E-state index contributed by atoms with van der Waals surface area (Å²) in [5, 5.41) is 15.5. The number of nitrogens with one attached hydrogen (secondary N) is 2. The molecule has 0 aliphatic carbocycles. The molecule has 6 nitrogen and oxygen atoms in total. The monoisotopic (exact) mass is 313 g/mol. The van der Waals surface area contributed by atoms with E-state index >= 15 is 0 Å². The van der Waals surface area contributed by atoms with Gasteiger partial charge in [-0.05, 0) is 34.1 Å². The van der Waals surface area contributed by atoms with Crippen molar-refractivity contribution >= 4 is 23.3 Å². The van der Waals surface area contributed by atoms with Crippen LogP contribution in [0.2, 0.25) is 0 Å². The summed E-state index contributed by atoms with van der Waals surface area (Å²) in [5.41, 5.74) is -0.364. The fraction of sp³-hybridized carbons (Fsp3) is 0.643. The first-order chi connectivity index (χ1) is 9.69. The van der Waals surface area contributed by atoms with E-state index in [1.165, 1.54) is 18.3 Å². The molecule has 0 fully saturated rings. The van der Waals surface area contributed by atoms with E-state index in [1.807, 2.05) is 27.7 Å². The van der Waals surface area contributed by atoms with Crippen molar-refractivity contribution in [1.82, 2.24) is 15.6 Å². The number of carbonyl (C=O) groups is 2. The number of aliphatic carboxylic acids is 1. The van der Waals surface area contributed by atoms with Crippen LogP contribution in [0.3, 0.4) is 0 Å². The summed E-state index contributed by atoms with van der Waals surface area (Å²) < 4.78 is 0. The lowest BCUT2D eigenvalue weighted by molar-refractivity contribution is -0.144. The van der Waals surface area contributed by atoms with Crippen LogP contribution in [-0.4, -0.2) is 27.6 Å². The summed E-state index contributed by atoms with van der Waals surface area (Å²) in [6, 6.07) is -0.692. The molecular formula is C14H23N3O3S. The minimum Gasteiger partial charge on any atom is -0.480 e. The first kappa shape index (κ1) is 17.4. The second-order valence-electron chi connectivity index (χ2n) is 5.39. The van der Waals surface area contributed by atoms with Crippen LogP contribution in [0.15, 0.2) is 0 Å². The molecular weight excluding hydrogens is 290 g/mol. The van der Waals surface area contributed by atoms with Gasteiger partial charge in [-0.2, -0.15) is 0 Å². The van der Waals surface area contributed by atoms with Crippen LogP contribution in [0.5, 0.6) is 0 Å². The summed E-state index contributed by atoms with van der Waals surface area (Å²) in [4.78, 5) is 28.7. The first-order valence-corrected chi connectivity index (χ1v) is 7.77. The second kappa shape index (κ2) is 6.89. The summed E-state index contributed by atoms with van der Waals surface area (Å²) in [6.45, 7) is 9.07. The van der Waals surface area contributed by atoms with E-state index in [1.54, 1.807) is 0 Å². The largest absolute Gasteiger partial charge is 0.480 e. The Hall–Kier alpha value is -1.63. The minimum absolute atomic E-state index is 0.212. The number of hydrogen-bond donors (Lipinski definition) is 3. The molecule has 7 heteroatoms. The fourth-order valence-corrected chi connectivity index (χ4v) is 3.15. The molecule has 0 radical (unpaired) electrons. The maximum Gasteiger partial charge on any atom is 0.329 e. The predicted octanol–water partition coefficient (Wildman–Crippen LogP) is 2.76. The highest BCUT2D eigenvalue weighted by atomic mass is 32.1. The van der Waals surface area contributed by atoms with Gasteiger partial charge in [0.2, 0.25) is 0 Å². The van der Waals surface area contributed by atoms with Crippen LogP contribution in [-0.2, 0) is 4.79 Å². The Morgan fingerprint density at radius 2 is 2.05 bits per heavy atom. The van der Waals surface area contributed by atoms with E-state index in [0.29, 0.717) is 12.8 Å². The average Bonchev–Trinajstić information content (AvgIpc) is 2.68. The summed E-state index contributed by atoms with van der Waals surface area (Å²) in [7, 11) is 0. The standard InChI is InChI=1S/C14H23N3O3S/c1-6-7-14(5,12(18)19)17-13(20)16-9(3)11-8(2)15-10(4)21-11/h9H,6-7H2,1-5H3,(H,18,19)(H2,16,17,20). The number of hydrogen-bond acceptors (Lipinski definition) is 4. The Labute approximate surface area is 129 Å². The molecule has 0 aliphatic heterocycles. The molecule has 3 N–H and O–H groups in total. The van der Waals surface area contributed by atoms with E-state index < -0.39 is 17.5 Å². The molecule has 2 unspecified atom stereocenters. The number of carboxylic acid groups (broad SMARTS) is 1. The van der Waals surface area contributed by atoms with Gasteiger partial charge < -0.3 is 15.7 Å². The van der Waals surface area contributed by atoms with Crippen LogP contribution in [0.1, 0.15) is 55.2 Å². The third kappa shape index (κ3) is 4.42. The number of carbonyl (C=O) groups excluding carboxylic acids is 1. The highest BCUT2D eigenvalue weighted by Gasteiger charge is 2.34. The van der Waals surface area contributed by atoms with Crippen LogP contribution < -0.4 is 10.6 Å². The van der Waals surface area contributed by atoms with Gasteiger partial charge in [-0.15, -0.1) is 11.3 Å². The van der Waals surface area contributed by atoms with Gasteiger partial charge in [-0.25, -0.2) is 14.6 Å². The smallest absolute Gasteiger partial charge is 0.329 e. The SMILES string of the molecule is CCCC(C)(NC(=O)NC(C)c1sc(C)nc1C)C(=O)O. The van der Waals surface area contributed by atoms with Gasteiger partial charge >= 0.3 is 12.0 Å². The maximum atomic E-state index is 12.0. The van der Waals surface area contributed by atoms with Gasteiger partial charge in [0.1, 0.15) is 5.54 Å². The predicted molar refractivity (Wildman–Crippen MR) is 82.6 cm³/mol. The third-order valence-electron chi connectivity index (χ3n) is 3.29. The van der Waals surface area contributed by atoms with Crippen molar-refractivity contribution < 1.29 is 14.7 Å². The Morgan fingerprint density at radius 1 is 1.43 bits per heavy atom. The van der Waals surface area contributed by atoms with Crippen LogP contribution >= 0.6 is 11.3 Å². The molecule has 0 bridgehead atoms. The Bertz CT molecular complexity index is 530. The average molecular weight is 313 g/mol. The topological polar surface area (TPSA) is 91.3 Å².